The third kappa shape index (κ3) is 62.6. The van der Waals surface area contributed by atoms with Gasteiger partial charge in [0.05, 0.1) is 18.8 Å². The number of amides is 1. The SMILES string of the molecule is CC/C=C\C/C=C\C/C=C\C/C=C\CCCCCCCCCCCCCCCCCCCCCCCCC(=O)NC(CO)C(O)/C=C/CC/C=C/CCCCCCCCCCCCCCCCCCCCCCCC. The highest BCUT2D eigenvalue weighted by Gasteiger charge is 2.18. The molecule has 3 N–H and O–H groups in total. The Labute approximate surface area is 469 Å². The van der Waals surface area contributed by atoms with Gasteiger partial charge in [-0.25, -0.2) is 0 Å². The fraction of sp³-hybridized carbons (Fsp3) is 0.817. The molecule has 0 fully saturated rings. The maximum absolute atomic E-state index is 12.5. The summed E-state index contributed by atoms with van der Waals surface area (Å²) in [7, 11) is 0. The zero-order valence-corrected chi connectivity index (χ0v) is 50.6. The number of aliphatic hydroxyl groups is 2. The smallest absolute Gasteiger partial charge is 0.220 e. The van der Waals surface area contributed by atoms with Gasteiger partial charge in [0, 0.05) is 6.42 Å². The molecule has 2 unspecified atom stereocenters. The second kappa shape index (κ2) is 66.1. The van der Waals surface area contributed by atoms with Crippen LogP contribution in [-0.2, 0) is 4.79 Å². The maximum Gasteiger partial charge on any atom is 0.220 e. The summed E-state index contributed by atoms with van der Waals surface area (Å²) in [5, 5.41) is 23.3. The Kier molecular flexibility index (Phi) is 64.2. The van der Waals surface area contributed by atoms with Crippen molar-refractivity contribution in [2.75, 3.05) is 6.61 Å². The number of unbranched alkanes of at least 4 members (excludes halogenated alkanes) is 45. The summed E-state index contributed by atoms with van der Waals surface area (Å²) in [4.78, 5) is 12.5. The zero-order valence-electron chi connectivity index (χ0n) is 50.6. The van der Waals surface area contributed by atoms with Crippen LogP contribution < -0.4 is 5.32 Å². The van der Waals surface area contributed by atoms with E-state index in [2.05, 4.69) is 79.9 Å². The van der Waals surface area contributed by atoms with Gasteiger partial charge in [0.15, 0.2) is 0 Å². The van der Waals surface area contributed by atoms with Gasteiger partial charge in [-0.3, -0.25) is 4.79 Å². The Morgan fingerprint density at radius 2 is 0.600 bits per heavy atom. The van der Waals surface area contributed by atoms with Crippen molar-refractivity contribution in [1.29, 1.82) is 0 Å². The number of carbonyl (C=O) groups excluding carboxylic acids is 1. The van der Waals surface area contributed by atoms with Crippen molar-refractivity contribution in [2.24, 2.45) is 0 Å². The minimum atomic E-state index is -0.865. The topological polar surface area (TPSA) is 69.6 Å². The summed E-state index contributed by atoms with van der Waals surface area (Å²) in [6.07, 6.45) is 95.5. The average molecular weight is 1050 g/mol. The van der Waals surface area contributed by atoms with E-state index < -0.39 is 12.1 Å². The van der Waals surface area contributed by atoms with Gasteiger partial charge in [-0.05, 0) is 70.6 Å². The number of nitrogens with one attached hydrogen (secondary N) is 1. The molecule has 4 heteroatoms. The van der Waals surface area contributed by atoms with Gasteiger partial charge in [0.25, 0.3) is 0 Å². The molecule has 0 radical (unpaired) electrons. The summed E-state index contributed by atoms with van der Waals surface area (Å²) in [5.74, 6) is -0.0683. The number of carbonyl (C=O) groups is 1. The first-order valence-corrected chi connectivity index (χ1v) is 33.7. The number of rotatable bonds is 62. The van der Waals surface area contributed by atoms with E-state index in [1.165, 1.54) is 276 Å². The number of hydrogen-bond acceptors (Lipinski definition) is 3. The lowest BCUT2D eigenvalue weighted by atomic mass is 10.0. The summed E-state index contributed by atoms with van der Waals surface area (Å²) in [6.45, 7) is 4.22. The molecular weight excluding hydrogens is 915 g/mol. The summed E-state index contributed by atoms with van der Waals surface area (Å²) < 4.78 is 0. The van der Waals surface area contributed by atoms with Crippen molar-refractivity contribution in [3.63, 3.8) is 0 Å². The second-order valence-electron chi connectivity index (χ2n) is 22.9. The monoisotopic (exact) mass is 1050 g/mol. The third-order valence-electron chi connectivity index (χ3n) is 15.4. The lowest BCUT2D eigenvalue weighted by molar-refractivity contribution is -0.123. The normalized spacial score (nSPS) is 13.2. The van der Waals surface area contributed by atoms with Gasteiger partial charge in [-0.15, -0.1) is 0 Å². The van der Waals surface area contributed by atoms with Gasteiger partial charge < -0.3 is 15.5 Å². The van der Waals surface area contributed by atoms with Crippen LogP contribution in [0.1, 0.15) is 354 Å². The van der Waals surface area contributed by atoms with Crippen molar-refractivity contribution in [3.05, 3.63) is 72.9 Å². The number of aliphatic hydroxyl groups excluding tert-OH is 2. The predicted molar refractivity (Wildman–Crippen MR) is 336 cm³/mol. The molecule has 4 nitrogen and oxygen atoms in total. The van der Waals surface area contributed by atoms with Gasteiger partial charge in [0.1, 0.15) is 0 Å². The highest BCUT2D eigenvalue weighted by molar-refractivity contribution is 5.76. The van der Waals surface area contributed by atoms with Gasteiger partial charge in [0.2, 0.25) is 5.91 Å². The van der Waals surface area contributed by atoms with Gasteiger partial charge in [-0.2, -0.15) is 0 Å². The van der Waals surface area contributed by atoms with E-state index in [9.17, 15) is 15.0 Å². The fourth-order valence-corrected chi connectivity index (χ4v) is 10.4. The maximum atomic E-state index is 12.5. The van der Waals surface area contributed by atoms with Crippen molar-refractivity contribution >= 4 is 5.91 Å². The fourth-order valence-electron chi connectivity index (χ4n) is 10.4. The summed E-state index contributed by atoms with van der Waals surface area (Å²) >= 11 is 0. The van der Waals surface area contributed by atoms with Crippen LogP contribution in [0.25, 0.3) is 0 Å². The quantitative estimate of drug-likeness (QED) is 0.0420. The summed E-state index contributed by atoms with van der Waals surface area (Å²) in [5.41, 5.74) is 0. The Bertz CT molecular complexity index is 1280. The van der Waals surface area contributed by atoms with E-state index >= 15 is 0 Å². The average Bonchev–Trinajstić information content (AvgIpc) is 3.41. The van der Waals surface area contributed by atoms with Crippen LogP contribution >= 0.6 is 0 Å². The van der Waals surface area contributed by atoms with Crippen molar-refractivity contribution < 1.29 is 15.0 Å². The molecule has 0 aliphatic carbocycles. The molecule has 0 spiro atoms. The second-order valence-corrected chi connectivity index (χ2v) is 22.9. The molecule has 0 heterocycles. The zero-order chi connectivity index (χ0) is 54.1. The molecule has 0 aliphatic rings. The summed E-state index contributed by atoms with van der Waals surface area (Å²) in [6, 6.07) is -0.642. The van der Waals surface area contributed by atoms with E-state index in [4.69, 9.17) is 0 Å². The minimum absolute atomic E-state index is 0.0683. The predicted octanol–water partition coefficient (Wildman–Crippen LogP) is 22.9. The first-order valence-electron chi connectivity index (χ1n) is 33.7. The Morgan fingerprint density at radius 1 is 0.333 bits per heavy atom. The van der Waals surface area contributed by atoms with E-state index in [1.54, 1.807) is 6.08 Å². The molecule has 2 atom stereocenters. The minimum Gasteiger partial charge on any atom is -0.394 e. The van der Waals surface area contributed by atoms with Crippen LogP contribution in [0.3, 0.4) is 0 Å². The van der Waals surface area contributed by atoms with Gasteiger partial charge in [-0.1, -0.05) is 350 Å². The van der Waals surface area contributed by atoms with Crippen LogP contribution in [0.2, 0.25) is 0 Å². The highest BCUT2D eigenvalue weighted by atomic mass is 16.3. The standard InChI is InChI=1S/C71H131NO3/c1-3-5-7-9-11-13-15-17-19-21-23-25-27-29-31-33-34-35-36-37-38-39-41-43-45-47-49-51-53-55-57-59-61-63-65-67-71(75)72-69(68-73)70(74)66-64-62-60-58-56-54-52-50-48-46-44-42-40-32-30-28-26-24-22-20-18-16-14-12-10-8-6-4-2/h5,7,11,13,17,19,23,25,56,58,64,66,69-70,73-74H,3-4,6,8-10,12,14-16,18,20-22,24,26-55,57,59-63,65,67-68H2,1-2H3,(H,72,75)/b7-5-,13-11-,19-17-,25-23-,58-56+,66-64+. The van der Waals surface area contributed by atoms with Crippen LogP contribution in [0.4, 0.5) is 0 Å². The highest BCUT2D eigenvalue weighted by Crippen LogP contribution is 2.18. The molecule has 0 saturated heterocycles. The lowest BCUT2D eigenvalue weighted by Crippen LogP contribution is -2.45. The number of allylic oxidation sites excluding steroid dienone is 11. The Morgan fingerprint density at radius 3 is 0.933 bits per heavy atom. The molecule has 0 aromatic carbocycles. The van der Waals surface area contributed by atoms with Crippen molar-refractivity contribution in [1.82, 2.24) is 5.32 Å². The van der Waals surface area contributed by atoms with E-state index in [-0.39, 0.29) is 12.5 Å². The molecule has 0 aromatic rings. The molecule has 75 heavy (non-hydrogen) atoms. The number of hydrogen-bond donors (Lipinski definition) is 3. The molecule has 1 amide bonds. The van der Waals surface area contributed by atoms with Gasteiger partial charge >= 0.3 is 0 Å². The van der Waals surface area contributed by atoms with Crippen LogP contribution in [0, 0.1) is 0 Å². The largest absolute Gasteiger partial charge is 0.394 e. The molecule has 438 valence electrons. The Hall–Kier alpha value is -2.17. The molecule has 0 bridgehead atoms. The van der Waals surface area contributed by atoms with E-state index in [0.29, 0.717) is 6.42 Å². The molecule has 0 aromatic heterocycles. The third-order valence-corrected chi connectivity index (χ3v) is 15.4. The molecule has 0 rings (SSSR count). The van der Waals surface area contributed by atoms with E-state index in [1.807, 2.05) is 6.08 Å². The first-order chi connectivity index (χ1) is 37.2. The first kappa shape index (κ1) is 72.8. The van der Waals surface area contributed by atoms with E-state index in [0.717, 1.165) is 57.8 Å². The van der Waals surface area contributed by atoms with Crippen molar-refractivity contribution in [3.8, 4) is 0 Å². The molecule has 0 aliphatic heterocycles. The van der Waals surface area contributed by atoms with Crippen LogP contribution in [-0.4, -0.2) is 34.9 Å². The van der Waals surface area contributed by atoms with Crippen LogP contribution in [0.5, 0.6) is 0 Å². The molecule has 0 saturated carbocycles. The Balaban J connectivity index is 3.46. The van der Waals surface area contributed by atoms with Crippen LogP contribution in [0.15, 0.2) is 72.9 Å². The van der Waals surface area contributed by atoms with Crippen molar-refractivity contribution in [2.45, 2.75) is 366 Å². The lowest BCUT2D eigenvalue weighted by Gasteiger charge is -2.19. The molecular formula is C71H131NO3.